The minimum absolute atomic E-state index is 0.0631. The zero-order valence-corrected chi connectivity index (χ0v) is 18.5. The van der Waals surface area contributed by atoms with Gasteiger partial charge in [0.1, 0.15) is 10.8 Å². The van der Waals surface area contributed by atoms with Crippen molar-refractivity contribution in [1.82, 2.24) is 15.1 Å². The average Bonchev–Trinajstić information content (AvgIpc) is 3.26. The van der Waals surface area contributed by atoms with Crippen LogP contribution in [0.5, 0.6) is 0 Å². The van der Waals surface area contributed by atoms with Crippen LogP contribution >= 0.6 is 23.1 Å². The van der Waals surface area contributed by atoms with E-state index >= 15 is 0 Å². The van der Waals surface area contributed by atoms with E-state index in [4.69, 9.17) is 4.74 Å². The maximum absolute atomic E-state index is 14.8. The highest BCUT2D eigenvalue weighted by atomic mass is 32.2. The van der Waals surface area contributed by atoms with Crippen molar-refractivity contribution >= 4 is 33.4 Å². The van der Waals surface area contributed by atoms with Gasteiger partial charge in [0.25, 0.3) is 0 Å². The first-order chi connectivity index (χ1) is 14.7. The number of benzene rings is 2. The van der Waals surface area contributed by atoms with Crippen molar-refractivity contribution in [3.63, 3.8) is 0 Å². The van der Waals surface area contributed by atoms with E-state index in [1.54, 1.807) is 17.8 Å². The fraction of sp³-hybridized carbons (Fsp3) is 0.318. The van der Waals surface area contributed by atoms with E-state index in [0.717, 1.165) is 34.4 Å². The van der Waals surface area contributed by atoms with Gasteiger partial charge in [0.2, 0.25) is 5.13 Å². The van der Waals surface area contributed by atoms with E-state index in [-0.39, 0.29) is 11.7 Å². The normalized spacial score (nSPS) is 16.0. The second kappa shape index (κ2) is 9.68. The quantitative estimate of drug-likeness (QED) is 0.412. The molecular weight excluding hydrogens is 419 g/mol. The fourth-order valence-electron chi connectivity index (χ4n) is 3.32. The molecule has 156 valence electrons. The molecule has 2 heterocycles. The Labute approximate surface area is 184 Å². The zero-order chi connectivity index (χ0) is 20.9. The van der Waals surface area contributed by atoms with E-state index < -0.39 is 0 Å². The van der Waals surface area contributed by atoms with Gasteiger partial charge in [0, 0.05) is 24.6 Å². The van der Waals surface area contributed by atoms with Crippen LogP contribution in [0.15, 0.2) is 53.5 Å². The highest BCUT2D eigenvalue weighted by Crippen LogP contribution is 2.33. The van der Waals surface area contributed by atoms with Gasteiger partial charge < -0.3 is 9.64 Å². The molecule has 1 saturated heterocycles. The summed E-state index contributed by atoms with van der Waals surface area (Å²) in [6, 6.07) is 15.0. The lowest BCUT2D eigenvalue weighted by molar-refractivity contribution is 0.0694. The number of aliphatic imine (C=N–C) groups is 1. The molecule has 0 aliphatic carbocycles. The molecule has 30 heavy (non-hydrogen) atoms. The van der Waals surface area contributed by atoms with E-state index in [9.17, 15) is 4.39 Å². The van der Waals surface area contributed by atoms with Crippen LogP contribution in [0.1, 0.15) is 23.4 Å². The Morgan fingerprint density at radius 2 is 1.93 bits per heavy atom. The Morgan fingerprint density at radius 3 is 2.63 bits per heavy atom. The number of hydrogen-bond donors (Lipinski definition) is 0. The number of rotatable bonds is 4. The standard InChI is InChI=1S/C22H23FN4OS2/c1-15(17-8-9-18(19(23)14-17)16-6-4-3-5-7-16)20-25-26-21(30-20)24-22(29-2)27-10-12-28-13-11-27/h3-9,14-15H,10-13H2,1-2H3/b24-22-. The molecule has 5 nitrogen and oxygen atoms in total. The van der Waals surface area contributed by atoms with Crippen molar-refractivity contribution in [3.05, 3.63) is 64.9 Å². The molecule has 0 N–H and O–H groups in total. The number of morpholine rings is 1. The lowest BCUT2D eigenvalue weighted by atomic mass is 9.97. The first-order valence-electron chi connectivity index (χ1n) is 9.79. The van der Waals surface area contributed by atoms with Crippen molar-refractivity contribution in [3.8, 4) is 11.1 Å². The third kappa shape index (κ3) is 4.71. The predicted octanol–water partition coefficient (Wildman–Crippen LogP) is 5.18. The molecular formula is C22H23FN4OS2. The van der Waals surface area contributed by atoms with Crippen molar-refractivity contribution in [2.45, 2.75) is 12.8 Å². The van der Waals surface area contributed by atoms with Crippen LogP contribution in [0.4, 0.5) is 9.52 Å². The summed E-state index contributed by atoms with van der Waals surface area (Å²) in [5.41, 5.74) is 2.34. The molecule has 2 aromatic carbocycles. The van der Waals surface area contributed by atoms with E-state index in [2.05, 4.69) is 20.1 Å². The minimum Gasteiger partial charge on any atom is -0.378 e. The highest BCUT2D eigenvalue weighted by Gasteiger charge is 2.19. The van der Waals surface area contributed by atoms with Gasteiger partial charge in [-0.05, 0) is 23.4 Å². The monoisotopic (exact) mass is 442 g/mol. The van der Waals surface area contributed by atoms with Crippen LogP contribution in [-0.2, 0) is 4.74 Å². The smallest absolute Gasteiger partial charge is 0.234 e. The molecule has 0 bridgehead atoms. The van der Waals surface area contributed by atoms with Crippen LogP contribution in [0.3, 0.4) is 0 Å². The summed E-state index contributed by atoms with van der Waals surface area (Å²) in [6.45, 7) is 5.09. The summed E-state index contributed by atoms with van der Waals surface area (Å²) in [4.78, 5) is 6.89. The molecule has 0 spiro atoms. The number of halogens is 1. The molecule has 1 unspecified atom stereocenters. The van der Waals surface area contributed by atoms with Gasteiger partial charge in [-0.1, -0.05) is 72.5 Å². The van der Waals surface area contributed by atoms with E-state index in [1.165, 1.54) is 11.3 Å². The predicted molar refractivity (Wildman–Crippen MR) is 122 cm³/mol. The Balaban J connectivity index is 1.53. The molecule has 8 heteroatoms. The van der Waals surface area contributed by atoms with Crippen LogP contribution in [-0.4, -0.2) is 52.8 Å². The lowest BCUT2D eigenvalue weighted by Crippen LogP contribution is -2.39. The molecule has 1 fully saturated rings. The van der Waals surface area contributed by atoms with Crippen LogP contribution in [0.2, 0.25) is 0 Å². The van der Waals surface area contributed by atoms with Gasteiger partial charge in [-0.15, -0.1) is 10.2 Å². The SMILES string of the molecule is CS/C(=N\c1nnc(C(C)c2ccc(-c3ccccc3)c(F)c2)s1)N1CCOCC1. The molecule has 0 amide bonds. The average molecular weight is 443 g/mol. The van der Waals surface area contributed by atoms with Crippen molar-refractivity contribution < 1.29 is 9.13 Å². The highest BCUT2D eigenvalue weighted by molar-refractivity contribution is 8.13. The van der Waals surface area contributed by atoms with Crippen LogP contribution in [0.25, 0.3) is 11.1 Å². The first kappa shape index (κ1) is 21.0. The number of amidine groups is 1. The second-order valence-electron chi connectivity index (χ2n) is 6.95. The van der Waals surface area contributed by atoms with Crippen molar-refractivity contribution in [2.24, 2.45) is 4.99 Å². The number of nitrogens with zero attached hydrogens (tertiary/aromatic N) is 4. The second-order valence-corrected chi connectivity index (χ2v) is 8.71. The molecule has 4 rings (SSSR count). The topological polar surface area (TPSA) is 50.6 Å². The van der Waals surface area contributed by atoms with Crippen LogP contribution < -0.4 is 0 Å². The Morgan fingerprint density at radius 1 is 1.17 bits per heavy atom. The van der Waals surface area contributed by atoms with Gasteiger partial charge in [-0.25, -0.2) is 4.39 Å². The summed E-state index contributed by atoms with van der Waals surface area (Å²) in [7, 11) is 0. The molecule has 0 saturated carbocycles. The summed E-state index contributed by atoms with van der Waals surface area (Å²) < 4.78 is 20.2. The first-order valence-corrected chi connectivity index (χ1v) is 11.8. The maximum atomic E-state index is 14.8. The van der Waals surface area contributed by atoms with Crippen molar-refractivity contribution in [1.29, 1.82) is 0 Å². The van der Waals surface area contributed by atoms with Gasteiger partial charge >= 0.3 is 0 Å². The summed E-state index contributed by atoms with van der Waals surface area (Å²) in [5, 5.41) is 10.9. The third-order valence-electron chi connectivity index (χ3n) is 5.03. The number of aromatic nitrogens is 2. The van der Waals surface area contributed by atoms with Crippen molar-refractivity contribution in [2.75, 3.05) is 32.6 Å². The van der Waals surface area contributed by atoms with Gasteiger partial charge in [0.05, 0.1) is 13.2 Å². The van der Waals surface area contributed by atoms with Gasteiger partial charge in [-0.3, -0.25) is 0 Å². The third-order valence-corrected chi connectivity index (χ3v) is 6.75. The van der Waals surface area contributed by atoms with E-state index in [1.807, 2.05) is 55.6 Å². The largest absolute Gasteiger partial charge is 0.378 e. The molecule has 1 aliphatic rings. The Bertz CT molecular complexity index is 1020. The van der Waals surface area contributed by atoms with E-state index in [0.29, 0.717) is 23.9 Å². The minimum atomic E-state index is -0.231. The molecule has 3 aromatic rings. The summed E-state index contributed by atoms with van der Waals surface area (Å²) in [6.07, 6.45) is 2.01. The Hall–Kier alpha value is -2.29. The van der Waals surface area contributed by atoms with Crippen LogP contribution in [0, 0.1) is 5.82 Å². The number of thioether (sulfide) groups is 1. The maximum Gasteiger partial charge on any atom is 0.234 e. The fourth-order valence-corrected chi connectivity index (χ4v) is 4.80. The lowest BCUT2D eigenvalue weighted by Gasteiger charge is -2.28. The molecule has 0 radical (unpaired) electrons. The summed E-state index contributed by atoms with van der Waals surface area (Å²) >= 11 is 3.04. The van der Waals surface area contributed by atoms with Gasteiger partial charge in [0.15, 0.2) is 5.17 Å². The number of ether oxygens (including phenoxy) is 1. The molecule has 1 aromatic heterocycles. The molecule has 1 aliphatic heterocycles. The Kier molecular flexibility index (Phi) is 6.76. The summed E-state index contributed by atoms with van der Waals surface area (Å²) in [5.74, 6) is -0.294. The number of hydrogen-bond acceptors (Lipinski definition) is 6. The van der Waals surface area contributed by atoms with Gasteiger partial charge in [-0.2, -0.15) is 4.99 Å². The zero-order valence-electron chi connectivity index (χ0n) is 16.9. The molecule has 1 atom stereocenters.